The van der Waals surface area contributed by atoms with E-state index in [2.05, 4.69) is 0 Å². The molecule has 184 valence electrons. The van der Waals surface area contributed by atoms with Crippen molar-refractivity contribution in [2.45, 2.75) is 37.5 Å². The van der Waals surface area contributed by atoms with Crippen molar-refractivity contribution in [2.75, 3.05) is 6.54 Å². The van der Waals surface area contributed by atoms with Gasteiger partial charge in [0.05, 0.1) is 16.0 Å². The van der Waals surface area contributed by atoms with Crippen LogP contribution in [0.3, 0.4) is 0 Å². The van der Waals surface area contributed by atoms with Gasteiger partial charge in [-0.15, -0.1) is 0 Å². The second-order valence-electron chi connectivity index (χ2n) is 9.45. The van der Waals surface area contributed by atoms with Crippen molar-refractivity contribution >= 4 is 17.7 Å². The van der Waals surface area contributed by atoms with Crippen molar-refractivity contribution < 1.29 is 24.0 Å². The van der Waals surface area contributed by atoms with E-state index in [9.17, 15) is 19.7 Å². The highest BCUT2D eigenvalue weighted by molar-refractivity contribution is 5.89. The summed E-state index contributed by atoms with van der Waals surface area (Å²) in [6.07, 6.45) is 1.13. The summed E-state index contributed by atoms with van der Waals surface area (Å²) in [6.45, 7) is 0.638. The van der Waals surface area contributed by atoms with Crippen LogP contribution in [0.25, 0.3) is 0 Å². The number of amides is 1. The monoisotopic (exact) mass is 486 g/mol. The summed E-state index contributed by atoms with van der Waals surface area (Å²) >= 11 is 0. The number of carbonyl (C=O) groups excluding carboxylic acids is 2. The van der Waals surface area contributed by atoms with Gasteiger partial charge in [0.15, 0.2) is 0 Å². The van der Waals surface area contributed by atoms with Crippen molar-refractivity contribution in [3.8, 4) is 0 Å². The number of nitro groups is 1. The van der Waals surface area contributed by atoms with E-state index in [1.165, 1.54) is 24.3 Å². The van der Waals surface area contributed by atoms with Crippen LogP contribution in [0.4, 0.5) is 10.5 Å². The average Bonchev–Trinajstić information content (AvgIpc) is 3.43. The Morgan fingerprint density at radius 3 is 2.19 bits per heavy atom. The summed E-state index contributed by atoms with van der Waals surface area (Å²) in [4.78, 5) is 38.2. The van der Waals surface area contributed by atoms with Crippen LogP contribution in [0.2, 0.25) is 0 Å². The maximum Gasteiger partial charge on any atom is 0.410 e. The van der Waals surface area contributed by atoms with Gasteiger partial charge in [-0.3, -0.25) is 10.1 Å². The second kappa shape index (κ2) is 9.81. The maximum absolute atomic E-state index is 13.2. The molecule has 1 aliphatic carbocycles. The number of nitrogens with zero attached hydrogens (tertiary/aromatic N) is 2. The van der Waals surface area contributed by atoms with E-state index in [0.29, 0.717) is 25.8 Å². The Balaban J connectivity index is 1.31. The molecule has 2 fully saturated rings. The molecule has 0 radical (unpaired) electrons. The number of nitro benzene ring substituents is 1. The Labute approximate surface area is 208 Å². The summed E-state index contributed by atoms with van der Waals surface area (Å²) in [5, 5.41) is 10.9. The molecule has 2 aliphatic rings. The van der Waals surface area contributed by atoms with Crippen LogP contribution in [0, 0.1) is 16.0 Å². The predicted octanol–water partition coefficient (Wildman–Crippen LogP) is 5.16. The number of benzene rings is 3. The highest BCUT2D eigenvalue weighted by atomic mass is 16.6. The van der Waals surface area contributed by atoms with Crippen LogP contribution < -0.4 is 0 Å². The van der Waals surface area contributed by atoms with E-state index in [1.807, 2.05) is 65.6 Å². The molecule has 3 aromatic carbocycles. The summed E-state index contributed by atoms with van der Waals surface area (Å²) in [5.41, 5.74) is 1.68. The molecule has 1 aliphatic heterocycles. The van der Waals surface area contributed by atoms with Gasteiger partial charge in [0, 0.05) is 31.0 Å². The second-order valence-corrected chi connectivity index (χ2v) is 9.45. The number of piperidine rings is 1. The fourth-order valence-corrected chi connectivity index (χ4v) is 5.42. The lowest BCUT2D eigenvalue weighted by Crippen LogP contribution is -2.52. The Kier molecular flexibility index (Phi) is 6.41. The zero-order valence-corrected chi connectivity index (χ0v) is 19.6. The number of hydrogen-bond donors (Lipinski definition) is 0. The van der Waals surface area contributed by atoms with Gasteiger partial charge in [0.1, 0.15) is 12.7 Å². The number of hydrogen-bond acceptors (Lipinski definition) is 6. The molecule has 0 unspecified atom stereocenters. The van der Waals surface area contributed by atoms with Crippen molar-refractivity contribution in [3.63, 3.8) is 0 Å². The van der Waals surface area contributed by atoms with E-state index >= 15 is 0 Å². The van der Waals surface area contributed by atoms with Gasteiger partial charge in [-0.05, 0) is 36.1 Å². The van der Waals surface area contributed by atoms with E-state index < -0.39 is 16.4 Å². The lowest BCUT2D eigenvalue weighted by atomic mass is 9.88. The van der Waals surface area contributed by atoms with Crippen LogP contribution in [0.1, 0.15) is 34.3 Å². The van der Waals surface area contributed by atoms with Crippen molar-refractivity contribution in [3.05, 3.63) is 112 Å². The first-order valence-electron chi connectivity index (χ1n) is 11.9. The topological polar surface area (TPSA) is 99.0 Å². The zero-order valence-electron chi connectivity index (χ0n) is 19.6. The van der Waals surface area contributed by atoms with E-state index in [0.717, 1.165) is 11.1 Å². The maximum atomic E-state index is 13.2. The van der Waals surface area contributed by atoms with Crippen LogP contribution in [0.5, 0.6) is 0 Å². The minimum Gasteiger partial charge on any atom is -0.458 e. The smallest absolute Gasteiger partial charge is 0.410 e. The van der Waals surface area contributed by atoms with Crippen LogP contribution in [-0.4, -0.2) is 40.1 Å². The summed E-state index contributed by atoms with van der Waals surface area (Å²) in [5.74, 6) is -0.532. The van der Waals surface area contributed by atoms with Crippen molar-refractivity contribution in [1.82, 2.24) is 4.90 Å². The molecule has 3 aromatic rings. The molecular weight excluding hydrogens is 460 g/mol. The number of rotatable bonds is 7. The van der Waals surface area contributed by atoms with Gasteiger partial charge in [-0.2, -0.15) is 0 Å². The Morgan fingerprint density at radius 1 is 0.917 bits per heavy atom. The van der Waals surface area contributed by atoms with Crippen LogP contribution in [0.15, 0.2) is 84.9 Å². The molecule has 36 heavy (non-hydrogen) atoms. The van der Waals surface area contributed by atoms with Crippen molar-refractivity contribution in [1.29, 1.82) is 0 Å². The van der Waals surface area contributed by atoms with Gasteiger partial charge in [-0.1, -0.05) is 60.7 Å². The molecule has 0 N–H and O–H groups in total. The molecule has 1 saturated carbocycles. The number of likely N-dealkylation sites (tertiary alicyclic amines) is 1. The molecule has 2 bridgehead atoms. The third-order valence-electron chi connectivity index (χ3n) is 7.11. The Morgan fingerprint density at radius 2 is 1.56 bits per heavy atom. The van der Waals surface area contributed by atoms with Gasteiger partial charge in [0.25, 0.3) is 5.69 Å². The molecule has 1 heterocycles. The number of fused-ring (bicyclic) bond motifs is 2. The predicted molar refractivity (Wildman–Crippen MR) is 131 cm³/mol. The lowest BCUT2D eigenvalue weighted by molar-refractivity contribution is -0.384. The highest BCUT2D eigenvalue weighted by Gasteiger charge is 2.58. The lowest BCUT2D eigenvalue weighted by Gasteiger charge is -2.40. The molecule has 0 aromatic heterocycles. The zero-order chi connectivity index (χ0) is 25.1. The standard InChI is InChI=1S/C28H26N2O6/c31-26(22-11-13-24(14-12-22)30(33)34)36-25-17-28(15-20-7-3-1-4-8-20)16-23(25)18-29(28)27(32)35-19-21-9-5-2-6-10-21/h1-14,23,25H,15-19H2/t23-,25-,28+/m1/s1. The van der Waals surface area contributed by atoms with Gasteiger partial charge < -0.3 is 14.4 Å². The number of non-ortho nitro benzene ring substituents is 1. The SMILES string of the molecule is O=C(O[C@@H]1C[C@]2(Cc3ccccc3)C[C@@H]1CN2C(=O)OCc1ccccc1)c1ccc([N+](=O)[O-])cc1. The molecule has 8 nitrogen and oxygen atoms in total. The molecule has 3 atom stereocenters. The summed E-state index contributed by atoms with van der Waals surface area (Å²) in [6, 6.07) is 24.9. The molecule has 1 amide bonds. The number of carbonyl (C=O) groups is 2. The summed E-state index contributed by atoms with van der Waals surface area (Å²) in [7, 11) is 0. The number of esters is 1. The third-order valence-corrected chi connectivity index (χ3v) is 7.11. The van der Waals surface area contributed by atoms with E-state index in [-0.39, 0.29) is 36.0 Å². The highest BCUT2D eigenvalue weighted by Crippen LogP contribution is 2.50. The fourth-order valence-electron chi connectivity index (χ4n) is 5.42. The number of ether oxygens (including phenoxy) is 2. The first-order chi connectivity index (χ1) is 17.4. The fraction of sp³-hybridized carbons (Fsp3) is 0.286. The van der Waals surface area contributed by atoms with Gasteiger partial charge in [0.2, 0.25) is 0 Å². The normalized spacial score (nSPS) is 22.3. The first-order valence-corrected chi connectivity index (χ1v) is 11.9. The Bertz CT molecular complexity index is 1250. The van der Waals surface area contributed by atoms with E-state index in [4.69, 9.17) is 9.47 Å². The first kappa shape index (κ1) is 23.5. The molecule has 8 heteroatoms. The Hall–Kier alpha value is -4.20. The third kappa shape index (κ3) is 4.79. The average molecular weight is 487 g/mol. The molecular formula is C28H26N2O6. The summed E-state index contributed by atoms with van der Waals surface area (Å²) < 4.78 is 11.5. The minimum atomic E-state index is -0.518. The van der Waals surface area contributed by atoms with Crippen LogP contribution >= 0.6 is 0 Å². The molecule has 5 rings (SSSR count). The van der Waals surface area contributed by atoms with E-state index in [1.54, 1.807) is 0 Å². The quantitative estimate of drug-likeness (QED) is 0.260. The van der Waals surface area contributed by atoms with Crippen LogP contribution in [-0.2, 0) is 22.5 Å². The molecule has 1 saturated heterocycles. The van der Waals surface area contributed by atoms with Gasteiger partial charge >= 0.3 is 12.1 Å². The van der Waals surface area contributed by atoms with Crippen molar-refractivity contribution in [2.24, 2.45) is 5.92 Å². The molecule has 0 spiro atoms. The largest absolute Gasteiger partial charge is 0.458 e. The van der Waals surface area contributed by atoms with Gasteiger partial charge in [-0.25, -0.2) is 9.59 Å². The minimum absolute atomic E-state index is 0.0139.